The number of hydrogen-bond acceptors (Lipinski definition) is 5. The van der Waals surface area contributed by atoms with Crippen molar-refractivity contribution in [1.29, 1.82) is 0 Å². The van der Waals surface area contributed by atoms with Crippen LogP contribution in [0.25, 0.3) is 37.8 Å². The summed E-state index contributed by atoms with van der Waals surface area (Å²) >= 11 is 9.06. The fourth-order valence-electron chi connectivity index (χ4n) is 3.78. The van der Waals surface area contributed by atoms with Crippen LogP contribution in [0, 0.1) is 0 Å². The quantitative estimate of drug-likeness (QED) is 0.262. The maximum absolute atomic E-state index is 13.7. The second kappa shape index (κ2) is 7.74. The highest BCUT2D eigenvalue weighted by molar-refractivity contribution is 7.99. The standard InChI is InChI=1S/C25H14ClN3OS2/c26-16-12-10-15(11-13-16)20-14-31-24-21(20)25(30)29-22(27-24)18-8-4-5-9-19(18)23(28-29)32-17-6-2-1-3-7-17/h1-14H. The molecule has 0 fully saturated rings. The minimum absolute atomic E-state index is 0.170. The van der Waals surface area contributed by atoms with Gasteiger partial charge in [-0.1, -0.05) is 78.0 Å². The van der Waals surface area contributed by atoms with E-state index in [1.165, 1.54) is 27.6 Å². The number of benzene rings is 3. The Kier molecular flexibility index (Phi) is 4.72. The molecular formula is C25H14ClN3OS2. The molecule has 0 amide bonds. The molecule has 0 saturated carbocycles. The first-order valence-corrected chi connectivity index (χ1v) is 12.0. The Labute approximate surface area is 196 Å². The van der Waals surface area contributed by atoms with Crippen molar-refractivity contribution >= 4 is 61.3 Å². The lowest BCUT2D eigenvalue weighted by molar-refractivity contribution is 0.836. The molecule has 0 saturated heterocycles. The van der Waals surface area contributed by atoms with Crippen LogP contribution in [0.5, 0.6) is 0 Å². The number of halogens is 1. The van der Waals surface area contributed by atoms with Crippen LogP contribution in [0.15, 0.2) is 99.0 Å². The summed E-state index contributed by atoms with van der Waals surface area (Å²) in [6.45, 7) is 0. The van der Waals surface area contributed by atoms with Crippen LogP contribution in [0.4, 0.5) is 0 Å². The summed E-state index contributed by atoms with van der Waals surface area (Å²) in [7, 11) is 0. The monoisotopic (exact) mass is 471 g/mol. The molecule has 6 rings (SSSR count). The Morgan fingerprint density at radius 2 is 1.59 bits per heavy atom. The van der Waals surface area contributed by atoms with Crippen molar-refractivity contribution in [3.63, 3.8) is 0 Å². The summed E-state index contributed by atoms with van der Waals surface area (Å²) in [5.74, 6) is 0. The van der Waals surface area contributed by atoms with Crippen LogP contribution < -0.4 is 5.56 Å². The molecule has 3 aromatic heterocycles. The van der Waals surface area contributed by atoms with Crippen molar-refractivity contribution in [3.05, 3.63) is 99.6 Å². The van der Waals surface area contributed by atoms with Crippen molar-refractivity contribution in [2.75, 3.05) is 0 Å². The largest absolute Gasteiger partial charge is 0.283 e. The van der Waals surface area contributed by atoms with Crippen molar-refractivity contribution < 1.29 is 0 Å². The first kappa shape index (κ1) is 19.5. The number of nitrogens with zero attached hydrogens (tertiary/aromatic N) is 3. The van der Waals surface area contributed by atoms with E-state index in [0.29, 0.717) is 20.9 Å². The number of fused-ring (bicyclic) bond motifs is 4. The second-order valence-corrected chi connectivity index (χ2v) is 9.61. The SMILES string of the molecule is O=c1c2c(-c3ccc(Cl)cc3)csc2nc2c3ccccc3c(Sc3ccccc3)nn12. The van der Waals surface area contributed by atoms with E-state index in [9.17, 15) is 4.79 Å². The van der Waals surface area contributed by atoms with E-state index >= 15 is 0 Å². The zero-order chi connectivity index (χ0) is 21.7. The molecule has 0 N–H and O–H groups in total. The third-order valence-electron chi connectivity index (χ3n) is 5.29. The fraction of sp³-hybridized carbons (Fsp3) is 0. The Hall–Kier alpha value is -3.19. The van der Waals surface area contributed by atoms with E-state index in [2.05, 4.69) is 0 Å². The average Bonchev–Trinajstić information content (AvgIpc) is 3.25. The van der Waals surface area contributed by atoms with Crippen molar-refractivity contribution in [2.24, 2.45) is 0 Å². The molecule has 32 heavy (non-hydrogen) atoms. The third-order valence-corrected chi connectivity index (χ3v) is 7.42. The van der Waals surface area contributed by atoms with Crippen LogP contribution in [-0.2, 0) is 0 Å². The summed E-state index contributed by atoms with van der Waals surface area (Å²) in [5.41, 5.74) is 2.18. The Bertz CT molecular complexity index is 1680. The minimum Gasteiger partial charge on any atom is -0.267 e. The molecule has 3 aromatic carbocycles. The van der Waals surface area contributed by atoms with Gasteiger partial charge in [-0.15, -0.1) is 11.3 Å². The molecule has 0 bridgehead atoms. The number of thiophene rings is 1. The lowest BCUT2D eigenvalue weighted by Crippen LogP contribution is -2.18. The van der Waals surface area contributed by atoms with Crippen molar-refractivity contribution in [2.45, 2.75) is 9.92 Å². The number of aromatic nitrogens is 3. The predicted octanol–water partition coefficient (Wildman–Crippen LogP) is 6.93. The molecule has 0 atom stereocenters. The van der Waals surface area contributed by atoms with Gasteiger partial charge in [0.05, 0.1) is 5.39 Å². The summed E-state index contributed by atoms with van der Waals surface area (Å²) in [6.07, 6.45) is 0. The highest BCUT2D eigenvalue weighted by Gasteiger charge is 2.18. The van der Waals surface area contributed by atoms with Gasteiger partial charge in [0.15, 0.2) is 5.65 Å². The van der Waals surface area contributed by atoms with Crippen molar-refractivity contribution in [3.8, 4) is 11.1 Å². The summed E-state index contributed by atoms with van der Waals surface area (Å²) in [4.78, 5) is 20.3. The summed E-state index contributed by atoms with van der Waals surface area (Å²) in [5, 5.41) is 10.6. The van der Waals surface area contributed by atoms with Crippen LogP contribution in [0.2, 0.25) is 5.02 Å². The Morgan fingerprint density at radius 1 is 0.875 bits per heavy atom. The third kappa shape index (κ3) is 3.19. The van der Waals surface area contributed by atoms with E-state index in [0.717, 1.165) is 31.8 Å². The number of rotatable bonds is 3. The zero-order valence-corrected chi connectivity index (χ0v) is 18.9. The van der Waals surface area contributed by atoms with Gasteiger partial charge in [-0.25, -0.2) is 4.98 Å². The molecule has 0 aliphatic rings. The highest BCUT2D eigenvalue weighted by atomic mass is 35.5. The van der Waals surface area contributed by atoms with Gasteiger partial charge < -0.3 is 0 Å². The molecule has 0 unspecified atom stereocenters. The summed E-state index contributed by atoms with van der Waals surface area (Å²) < 4.78 is 1.45. The van der Waals surface area contributed by atoms with Gasteiger partial charge in [-0.05, 0) is 29.8 Å². The molecule has 4 nitrogen and oxygen atoms in total. The van der Waals surface area contributed by atoms with Gasteiger partial charge in [0.25, 0.3) is 5.56 Å². The van der Waals surface area contributed by atoms with E-state index in [-0.39, 0.29) is 5.56 Å². The maximum Gasteiger partial charge on any atom is 0.283 e. The number of hydrogen-bond donors (Lipinski definition) is 0. The molecule has 0 aliphatic heterocycles. The molecule has 6 aromatic rings. The first-order valence-electron chi connectivity index (χ1n) is 9.91. The lowest BCUT2D eigenvalue weighted by atomic mass is 10.1. The van der Waals surface area contributed by atoms with Crippen LogP contribution >= 0.6 is 34.7 Å². The first-order chi connectivity index (χ1) is 15.7. The molecule has 7 heteroatoms. The van der Waals surface area contributed by atoms with Gasteiger partial charge in [-0.3, -0.25) is 4.79 Å². The Balaban J connectivity index is 1.66. The molecular weight excluding hydrogens is 458 g/mol. The predicted molar refractivity (Wildman–Crippen MR) is 133 cm³/mol. The second-order valence-electron chi connectivity index (χ2n) is 7.25. The average molecular weight is 472 g/mol. The highest BCUT2D eigenvalue weighted by Crippen LogP contribution is 2.35. The van der Waals surface area contributed by atoms with E-state index < -0.39 is 0 Å². The van der Waals surface area contributed by atoms with Gasteiger partial charge in [0.1, 0.15) is 9.86 Å². The smallest absolute Gasteiger partial charge is 0.267 e. The minimum atomic E-state index is -0.170. The van der Waals surface area contributed by atoms with E-state index in [4.69, 9.17) is 21.7 Å². The topological polar surface area (TPSA) is 47.3 Å². The molecule has 0 radical (unpaired) electrons. The van der Waals surface area contributed by atoms with Gasteiger partial charge in [0, 0.05) is 31.6 Å². The molecule has 0 aliphatic carbocycles. The normalized spacial score (nSPS) is 11.5. The lowest BCUT2D eigenvalue weighted by Gasteiger charge is -2.10. The van der Waals surface area contributed by atoms with Crippen LogP contribution in [0.3, 0.4) is 0 Å². The van der Waals surface area contributed by atoms with Crippen LogP contribution in [-0.4, -0.2) is 14.6 Å². The van der Waals surface area contributed by atoms with Gasteiger partial charge in [0.2, 0.25) is 0 Å². The van der Waals surface area contributed by atoms with E-state index in [1.807, 2.05) is 84.2 Å². The summed E-state index contributed by atoms with van der Waals surface area (Å²) in [6, 6.07) is 25.5. The molecule has 0 spiro atoms. The van der Waals surface area contributed by atoms with E-state index in [1.54, 1.807) is 0 Å². The fourth-order valence-corrected chi connectivity index (χ4v) is 5.77. The Morgan fingerprint density at radius 3 is 2.38 bits per heavy atom. The van der Waals surface area contributed by atoms with Crippen LogP contribution in [0.1, 0.15) is 0 Å². The maximum atomic E-state index is 13.7. The van der Waals surface area contributed by atoms with Gasteiger partial charge >= 0.3 is 0 Å². The zero-order valence-electron chi connectivity index (χ0n) is 16.5. The van der Waals surface area contributed by atoms with Crippen molar-refractivity contribution in [1.82, 2.24) is 14.6 Å². The molecule has 3 heterocycles. The van der Waals surface area contributed by atoms with Gasteiger partial charge in [-0.2, -0.15) is 9.61 Å². The molecule has 154 valence electrons.